The number of nitrogens with one attached hydrogen (secondary N) is 1. The summed E-state index contributed by atoms with van der Waals surface area (Å²) >= 11 is 0. The maximum absolute atomic E-state index is 12.7. The highest BCUT2D eigenvalue weighted by atomic mass is 16.3. The maximum atomic E-state index is 12.7. The van der Waals surface area contributed by atoms with Gasteiger partial charge in [-0.1, -0.05) is 18.2 Å². The van der Waals surface area contributed by atoms with Crippen molar-refractivity contribution < 1.29 is 9.90 Å². The number of hydrogen-bond acceptors (Lipinski definition) is 4. The molecule has 120 valence electrons. The number of fused-ring (bicyclic) bond motifs is 1. The van der Waals surface area contributed by atoms with Crippen LogP contribution >= 0.6 is 0 Å². The minimum absolute atomic E-state index is 0.231. The first-order valence-electron chi connectivity index (χ1n) is 7.30. The molecule has 3 aromatic rings. The summed E-state index contributed by atoms with van der Waals surface area (Å²) < 4.78 is 1.41. The molecule has 2 heterocycles. The predicted octanol–water partition coefficient (Wildman–Crippen LogP) is 2.54. The molecule has 0 saturated heterocycles. The molecule has 0 fully saturated rings. The highest BCUT2D eigenvalue weighted by Gasteiger charge is 2.21. The molecular formula is C18H15N3O3. The number of aromatic hydroxyl groups is 1. The summed E-state index contributed by atoms with van der Waals surface area (Å²) in [6.45, 7) is 3.87. The van der Waals surface area contributed by atoms with Gasteiger partial charge in [0.2, 0.25) is 0 Å². The Bertz CT molecular complexity index is 978. The number of benzene rings is 1. The van der Waals surface area contributed by atoms with E-state index in [9.17, 15) is 14.7 Å². The number of para-hydroxylation sites is 1. The first-order chi connectivity index (χ1) is 11.6. The van der Waals surface area contributed by atoms with E-state index in [0.29, 0.717) is 16.6 Å². The zero-order valence-electron chi connectivity index (χ0n) is 12.8. The fraction of sp³-hybridized carbons (Fsp3) is 0.0556. The van der Waals surface area contributed by atoms with E-state index in [1.54, 1.807) is 42.5 Å². The Morgan fingerprint density at radius 1 is 1.25 bits per heavy atom. The van der Waals surface area contributed by atoms with Gasteiger partial charge in [-0.3, -0.25) is 14.6 Å². The molecule has 6 nitrogen and oxygen atoms in total. The molecule has 0 atom stereocenters. The third-order valence-corrected chi connectivity index (χ3v) is 3.62. The molecule has 0 unspecified atom stereocenters. The van der Waals surface area contributed by atoms with Crippen LogP contribution in [0.5, 0.6) is 5.75 Å². The number of carbonyl (C=O) groups is 1. The third kappa shape index (κ3) is 2.65. The standard InChI is InChI=1S/C18H15N3O3/c1-2-11-21-14-6-4-3-5-13(14)16(22)15(18(21)24)17(23)20-12-7-9-19-10-8-12/h2-10,22H,1,11H2,(H,19,20,23). The first kappa shape index (κ1) is 15.5. The summed E-state index contributed by atoms with van der Waals surface area (Å²) in [7, 11) is 0. The van der Waals surface area contributed by atoms with Gasteiger partial charge in [0, 0.05) is 30.0 Å². The zero-order chi connectivity index (χ0) is 17.1. The summed E-state index contributed by atoms with van der Waals surface area (Å²) in [5, 5.41) is 13.5. The van der Waals surface area contributed by atoms with Crippen LogP contribution in [0.2, 0.25) is 0 Å². The Morgan fingerprint density at radius 2 is 1.96 bits per heavy atom. The molecule has 0 aliphatic carbocycles. The van der Waals surface area contributed by atoms with Crippen LogP contribution in [0.1, 0.15) is 10.4 Å². The summed E-state index contributed by atoms with van der Waals surface area (Å²) in [5.74, 6) is -1.00. The average molecular weight is 321 g/mol. The summed E-state index contributed by atoms with van der Waals surface area (Å²) in [4.78, 5) is 29.1. The van der Waals surface area contributed by atoms with Crippen LogP contribution in [0.4, 0.5) is 5.69 Å². The van der Waals surface area contributed by atoms with Crippen molar-refractivity contribution in [3.8, 4) is 5.75 Å². The van der Waals surface area contributed by atoms with E-state index in [2.05, 4.69) is 16.9 Å². The zero-order valence-corrected chi connectivity index (χ0v) is 12.8. The molecule has 1 aromatic carbocycles. The second-order valence-corrected chi connectivity index (χ2v) is 5.14. The van der Waals surface area contributed by atoms with Crippen molar-refractivity contribution in [3.63, 3.8) is 0 Å². The van der Waals surface area contributed by atoms with Gasteiger partial charge in [0.25, 0.3) is 11.5 Å². The lowest BCUT2D eigenvalue weighted by Crippen LogP contribution is -2.29. The van der Waals surface area contributed by atoms with Crippen LogP contribution in [0.3, 0.4) is 0 Å². The quantitative estimate of drug-likeness (QED) is 0.723. The monoisotopic (exact) mass is 321 g/mol. The molecule has 0 aliphatic rings. The Kier molecular flexibility index (Phi) is 4.11. The Balaban J connectivity index is 2.18. The number of hydrogen-bond donors (Lipinski definition) is 2. The Morgan fingerprint density at radius 3 is 2.67 bits per heavy atom. The fourth-order valence-corrected chi connectivity index (χ4v) is 2.53. The number of aromatic nitrogens is 2. The van der Waals surface area contributed by atoms with Gasteiger partial charge in [-0.05, 0) is 24.3 Å². The fourth-order valence-electron chi connectivity index (χ4n) is 2.53. The van der Waals surface area contributed by atoms with Crippen molar-refractivity contribution in [1.82, 2.24) is 9.55 Å². The van der Waals surface area contributed by atoms with Crippen molar-refractivity contribution in [2.24, 2.45) is 0 Å². The lowest BCUT2D eigenvalue weighted by molar-refractivity contribution is 0.102. The predicted molar refractivity (Wildman–Crippen MR) is 92.3 cm³/mol. The Labute approximate surface area is 137 Å². The van der Waals surface area contributed by atoms with Crippen LogP contribution in [-0.4, -0.2) is 20.6 Å². The molecule has 0 aliphatic heterocycles. The van der Waals surface area contributed by atoms with Gasteiger partial charge in [-0.2, -0.15) is 0 Å². The molecule has 1 amide bonds. The number of anilines is 1. The largest absolute Gasteiger partial charge is 0.506 e. The van der Waals surface area contributed by atoms with Crippen molar-refractivity contribution in [1.29, 1.82) is 0 Å². The molecule has 0 saturated carbocycles. The van der Waals surface area contributed by atoms with Gasteiger partial charge >= 0.3 is 0 Å². The van der Waals surface area contributed by atoms with Gasteiger partial charge < -0.3 is 15.0 Å². The number of nitrogens with zero attached hydrogens (tertiary/aromatic N) is 2. The molecule has 0 spiro atoms. The molecular weight excluding hydrogens is 306 g/mol. The van der Waals surface area contributed by atoms with Gasteiger partial charge in [-0.15, -0.1) is 6.58 Å². The van der Waals surface area contributed by atoms with Crippen LogP contribution in [-0.2, 0) is 6.54 Å². The van der Waals surface area contributed by atoms with Gasteiger partial charge in [-0.25, -0.2) is 0 Å². The third-order valence-electron chi connectivity index (χ3n) is 3.62. The Hall–Kier alpha value is -3.41. The second kappa shape index (κ2) is 6.37. The molecule has 0 radical (unpaired) electrons. The van der Waals surface area contributed by atoms with Gasteiger partial charge in [0.15, 0.2) is 0 Å². The first-order valence-corrected chi connectivity index (χ1v) is 7.30. The molecule has 0 bridgehead atoms. The molecule has 24 heavy (non-hydrogen) atoms. The normalized spacial score (nSPS) is 10.5. The van der Waals surface area contributed by atoms with E-state index in [-0.39, 0.29) is 17.9 Å². The van der Waals surface area contributed by atoms with E-state index < -0.39 is 11.5 Å². The number of rotatable bonds is 4. The van der Waals surface area contributed by atoms with E-state index in [4.69, 9.17) is 0 Å². The summed E-state index contributed by atoms with van der Waals surface area (Å²) in [5.41, 5.74) is 0.155. The van der Waals surface area contributed by atoms with Crippen molar-refractivity contribution >= 4 is 22.5 Å². The van der Waals surface area contributed by atoms with Crippen LogP contribution < -0.4 is 10.9 Å². The number of amides is 1. The van der Waals surface area contributed by atoms with Crippen molar-refractivity contribution in [2.75, 3.05) is 5.32 Å². The minimum Gasteiger partial charge on any atom is -0.506 e. The van der Waals surface area contributed by atoms with Crippen LogP contribution in [0.25, 0.3) is 10.9 Å². The molecule has 2 aromatic heterocycles. The highest BCUT2D eigenvalue weighted by molar-refractivity contribution is 6.09. The average Bonchev–Trinajstić information content (AvgIpc) is 2.59. The molecule has 3 rings (SSSR count). The van der Waals surface area contributed by atoms with Crippen molar-refractivity contribution in [3.05, 3.63) is 77.4 Å². The lowest BCUT2D eigenvalue weighted by atomic mass is 10.1. The number of pyridine rings is 2. The van der Waals surface area contributed by atoms with Crippen LogP contribution in [0.15, 0.2) is 66.2 Å². The topological polar surface area (TPSA) is 84.2 Å². The smallest absolute Gasteiger partial charge is 0.268 e. The number of allylic oxidation sites excluding steroid dienone is 1. The second-order valence-electron chi connectivity index (χ2n) is 5.14. The van der Waals surface area contributed by atoms with E-state index in [1.165, 1.54) is 17.0 Å². The minimum atomic E-state index is -0.674. The summed E-state index contributed by atoms with van der Waals surface area (Å²) in [6.07, 6.45) is 4.60. The van der Waals surface area contributed by atoms with E-state index in [0.717, 1.165) is 0 Å². The molecule has 2 N–H and O–H groups in total. The van der Waals surface area contributed by atoms with Gasteiger partial charge in [0.1, 0.15) is 11.3 Å². The lowest BCUT2D eigenvalue weighted by Gasteiger charge is -2.13. The molecule has 6 heteroatoms. The van der Waals surface area contributed by atoms with Gasteiger partial charge in [0.05, 0.1) is 5.52 Å². The summed E-state index contributed by atoms with van der Waals surface area (Å²) in [6, 6.07) is 10.1. The van der Waals surface area contributed by atoms with Crippen molar-refractivity contribution in [2.45, 2.75) is 6.54 Å². The number of carbonyl (C=O) groups excluding carboxylic acids is 1. The van der Waals surface area contributed by atoms with E-state index in [1.807, 2.05) is 0 Å². The van der Waals surface area contributed by atoms with Crippen LogP contribution in [0, 0.1) is 0 Å². The SMILES string of the molecule is C=CCn1c(=O)c(C(=O)Nc2ccncc2)c(O)c2ccccc21. The van der Waals surface area contributed by atoms with E-state index >= 15 is 0 Å². The highest BCUT2D eigenvalue weighted by Crippen LogP contribution is 2.26. The maximum Gasteiger partial charge on any atom is 0.268 e.